The largest absolute Gasteiger partial charge is 0.496 e. The van der Waals surface area contributed by atoms with E-state index in [0.29, 0.717) is 16.3 Å². The van der Waals surface area contributed by atoms with Crippen LogP contribution in [-0.2, 0) is 6.54 Å². The van der Waals surface area contributed by atoms with E-state index in [2.05, 4.69) is 15.3 Å². The highest BCUT2D eigenvalue weighted by Crippen LogP contribution is 2.30. The monoisotopic (exact) mass is 309 g/mol. The molecule has 1 aromatic heterocycles. The molecule has 3 N–H and O–H groups in total. The predicted molar refractivity (Wildman–Crippen MR) is 78.4 cm³/mol. The number of benzene rings is 1. The molecule has 0 unspecified atom stereocenters. The van der Waals surface area contributed by atoms with Crippen LogP contribution in [-0.4, -0.2) is 22.0 Å². The van der Waals surface area contributed by atoms with Gasteiger partial charge in [-0.25, -0.2) is 9.97 Å². The molecule has 0 aliphatic rings. The molecule has 21 heavy (non-hydrogen) atoms. The maximum atomic E-state index is 11.0. The highest BCUT2D eigenvalue weighted by Gasteiger charge is 2.21. The summed E-state index contributed by atoms with van der Waals surface area (Å²) in [6, 6.07) is 5.19. The smallest absolute Gasteiger partial charge is 0.352 e. The number of nitrogens with two attached hydrogens (primary N) is 1. The van der Waals surface area contributed by atoms with Crippen molar-refractivity contribution in [3.63, 3.8) is 0 Å². The molecular weight excluding hydrogens is 298 g/mol. The van der Waals surface area contributed by atoms with Crippen molar-refractivity contribution < 1.29 is 9.66 Å². The van der Waals surface area contributed by atoms with E-state index < -0.39 is 4.92 Å². The van der Waals surface area contributed by atoms with Crippen LogP contribution in [0.4, 0.5) is 17.3 Å². The fourth-order valence-corrected chi connectivity index (χ4v) is 2.01. The van der Waals surface area contributed by atoms with Crippen LogP contribution in [0.1, 0.15) is 5.56 Å². The van der Waals surface area contributed by atoms with Gasteiger partial charge in [0.2, 0.25) is 11.6 Å². The third-order valence-electron chi connectivity index (χ3n) is 2.76. The minimum atomic E-state index is -0.637. The number of aromatic nitrogens is 2. The fourth-order valence-electron chi connectivity index (χ4n) is 1.78. The zero-order valence-electron chi connectivity index (χ0n) is 11.0. The molecule has 110 valence electrons. The second-order valence-corrected chi connectivity index (χ2v) is 4.39. The van der Waals surface area contributed by atoms with Crippen molar-refractivity contribution in [3.8, 4) is 5.75 Å². The molecule has 0 fully saturated rings. The predicted octanol–water partition coefficient (Wildman–Crippen LogP) is 2.24. The van der Waals surface area contributed by atoms with Crippen LogP contribution in [0.3, 0.4) is 0 Å². The van der Waals surface area contributed by atoms with Gasteiger partial charge in [0.25, 0.3) is 0 Å². The molecule has 0 saturated heterocycles. The van der Waals surface area contributed by atoms with E-state index in [0.717, 1.165) is 6.33 Å². The molecule has 0 aliphatic carbocycles. The molecular formula is C12H12ClN5O3. The summed E-state index contributed by atoms with van der Waals surface area (Å²) >= 11 is 6.10. The number of nitrogen functional groups attached to an aromatic ring is 1. The SMILES string of the molecule is COc1cccc(Cl)c1CNc1ncnc(N)c1[N+](=O)[O-]. The van der Waals surface area contributed by atoms with Crippen molar-refractivity contribution in [2.45, 2.75) is 6.54 Å². The van der Waals surface area contributed by atoms with E-state index in [4.69, 9.17) is 22.1 Å². The van der Waals surface area contributed by atoms with E-state index >= 15 is 0 Å². The number of hydrogen-bond acceptors (Lipinski definition) is 7. The summed E-state index contributed by atoms with van der Waals surface area (Å²) < 4.78 is 5.20. The molecule has 1 heterocycles. The lowest BCUT2D eigenvalue weighted by molar-refractivity contribution is -0.383. The quantitative estimate of drug-likeness (QED) is 0.642. The second-order valence-electron chi connectivity index (χ2n) is 3.99. The zero-order valence-corrected chi connectivity index (χ0v) is 11.8. The number of methoxy groups -OCH3 is 1. The van der Waals surface area contributed by atoms with E-state index in [1.165, 1.54) is 7.11 Å². The Labute approximate surface area is 125 Å². The number of rotatable bonds is 5. The molecule has 0 amide bonds. The van der Waals surface area contributed by atoms with Gasteiger partial charge in [0.05, 0.1) is 12.0 Å². The Balaban J connectivity index is 2.29. The Morgan fingerprint density at radius 2 is 2.24 bits per heavy atom. The van der Waals surface area contributed by atoms with Gasteiger partial charge in [-0.1, -0.05) is 17.7 Å². The summed E-state index contributed by atoms with van der Waals surface area (Å²) in [5, 5.41) is 14.3. The third-order valence-corrected chi connectivity index (χ3v) is 3.12. The Kier molecular flexibility index (Phi) is 4.39. The lowest BCUT2D eigenvalue weighted by atomic mass is 10.2. The Hall–Kier alpha value is -2.61. The lowest BCUT2D eigenvalue weighted by Gasteiger charge is -2.12. The summed E-state index contributed by atoms with van der Waals surface area (Å²) in [6.07, 6.45) is 1.15. The molecule has 0 radical (unpaired) electrons. The summed E-state index contributed by atoms with van der Waals surface area (Å²) in [5.74, 6) is 0.387. The van der Waals surface area contributed by atoms with Crippen LogP contribution >= 0.6 is 11.6 Å². The molecule has 2 rings (SSSR count). The van der Waals surface area contributed by atoms with Crippen molar-refractivity contribution in [1.82, 2.24) is 9.97 Å². The third kappa shape index (κ3) is 3.11. The number of ether oxygens (including phenoxy) is 1. The van der Waals surface area contributed by atoms with Crippen LogP contribution in [0.5, 0.6) is 5.75 Å². The molecule has 0 atom stereocenters. The number of nitrogens with zero attached hydrogens (tertiary/aromatic N) is 3. The standard InChI is InChI=1S/C12H12ClN5O3/c1-21-9-4-2-3-8(13)7(9)5-15-12-10(18(19)20)11(14)16-6-17-12/h2-4,6H,5H2,1H3,(H3,14,15,16,17). The Morgan fingerprint density at radius 1 is 1.48 bits per heavy atom. The van der Waals surface area contributed by atoms with Gasteiger partial charge in [-0.05, 0) is 12.1 Å². The van der Waals surface area contributed by atoms with Gasteiger partial charge in [0, 0.05) is 17.1 Å². The van der Waals surface area contributed by atoms with E-state index in [1.807, 2.05) is 0 Å². The molecule has 0 aliphatic heterocycles. The van der Waals surface area contributed by atoms with Crippen molar-refractivity contribution in [1.29, 1.82) is 0 Å². The van der Waals surface area contributed by atoms with Gasteiger partial charge >= 0.3 is 5.69 Å². The van der Waals surface area contributed by atoms with E-state index in [9.17, 15) is 10.1 Å². The molecule has 0 bridgehead atoms. The minimum Gasteiger partial charge on any atom is -0.496 e. The average Bonchev–Trinajstić information content (AvgIpc) is 2.45. The lowest BCUT2D eigenvalue weighted by Crippen LogP contribution is -2.09. The number of nitrogens with one attached hydrogen (secondary N) is 1. The van der Waals surface area contributed by atoms with Crippen LogP contribution in [0.15, 0.2) is 24.5 Å². The summed E-state index contributed by atoms with van der Waals surface area (Å²) in [5.41, 5.74) is 5.78. The summed E-state index contributed by atoms with van der Waals surface area (Å²) in [7, 11) is 1.51. The van der Waals surface area contributed by atoms with E-state index in [1.54, 1.807) is 18.2 Å². The number of hydrogen-bond donors (Lipinski definition) is 2. The maximum Gasteiger partial charge on any atom is 0.352 e. The van der Waals surface area contributed by atoms with Crippen LogP contribution in [0.25, 0.3) is 0 Å². The second kappa shape index (κ2) is 6.23. The molecule has 9 heteroatoms. The highest BCUT2D eigenvalue weighted by atomic mass is 35.5. The van der Waals surface area contributed by atoms with Crippen molar-refractivity contribution in [2.75, 3.05) is 18.2 Å². The van der Waals surface area contributed by atoms with Gasteiger partial charge in [0.15, 0.2) is 0 Å². The van der Waals surface area contributed by atoms with Crippen LogP contribution in [0, 0.1) is 10.1 Å². The average molecular weight is 310 g/mol. The first-order chi connectivity index (χ1) is 10.0. The summed E-state index contributed by atoms with van der Waals surface area (Å²) in [6.45, 7) is 0.195. The maximum absolute atomic E-state index is 11.0. The zero-order chi connectivity index (χ0) is 15.4. The van der Waals surface area contributed by atoms with Crippen LogP contribution in [0.2, 0.25) is 5.02 Å². The summed E-state index contributed by atoms with van der Waals surface area (Å²) in [4.78, 5) is 17.8. The van der Waals surface area contributed by atoms with Crippen molar-refractivity contribution >= 4 is 28.9 Å². The normalized spacial score (nSPS) is 10.2. The number of nitro groups is 1. The Bertz CT molecular complexity index is 680. The molecule has 0 spiro atoms. The molecule has 1 aromatic carbocycles. The Morgan fingerprint density at radius 3 is 2.90 bits per heavy atom. The first-order valence-electron chi connectivity index (χ1n) is 5.84. The molecule has 0 saturated carbocycles. The van der Waals surface area contributed by atoms with Crippen LogP contribution < -0.4 is 15.8 Å². The van der Waals surface area contributed by atoms with Gasteiger partial charge in [-0.15, -0.1) is 0 Å². The van der Waals surface area contributed by atoms with E-state index in [-0.39, 0.29) is 23.9 Å². The van der Waals surface area contributed by atoms with Gasteiger partial charge < -0.3 is 15.8 Å². The fraction of sp³-hybridized carbons (Fsp3) is 0.167. The molecule has 8 nitrogen and oxygen atoms in total. The van der Waals surface area contributed by atoms with Gasteiger partial charge in [-0.3, -0.25) is 10.1 Å². The topological polar surface area (TPSA) is 116 Å². The number of anilines is 2. The first kappa shape index (κ1) is 14.8. The number of halogens is 1. The first-order valence-corrected chi connectivity index (χ1v) is 6.22. The minimum absolute atomic E-state index is 0.0227. The van der Waals surface area contributed by atoms with Crippen molar-refractivity contribution in [3.05, 3.63) is 45.2 Å². The van der Waals surface area contributed by atoms with Gasteiger partial charge in [-0.2, -0.15) is 0 Å². The highest BCUT2D eigenvalue weighted by molar-refractivity contribution is 6.31. The molecule has 2 aromatic rings. The van der Waals surface area contributed by atoms with Crippen molar-refractivity contribution in [2.24, 2.45) is 0 Å². The van der Waals surface area contributed by atoms with Gasteiger partial charge in [0.1, 0.15) is 12.1 Å².